The molecule has 1 heterocycles. The molecule has 9 nitrogen and oxygen atoms in total. The van der Waals surface area contributed by atoms with Crippen LogP contribution in [0.4, 0.5) is 0 Å². The second kappa shape index (κ2) is 29.9. The molecule has 1 aliphatic heterocycles. The summed E-state index contributed by atoms with van der Waals surface area (Å²) >= 11 is 0. The minimum Gasteiger partial charge on any atom is -0.507 e. The molecule has 6 atom stereocenters. The van der Waals surface area contributed by atoms with Gasteiger partial charge in [0.2, 0.25) is 0 Å². The first-order valence-electron chi connectivity index (χ1n) is 25.5. The summed E-state index contributed by atoms with van der Waals surface area (Å²) in [6, 6.07) is 9.43. The zero-order valence-electron chi connectivity index (χ0n) is 43.1. The van der Waals surface area contributed by atoms with Gasteiger partial charge in [-0.05, 0) is 200 Å². The molecular formula is C69H50N6O3. The number of phenolic OH excluding ortho intramolecular Hbond substituents is 3. The van der Waals surface area contributed by atoms with Gasteiger partial charge in [-0.2, -0.15) is 0 Å². The zero-order valence-corrected chi connectivity index (χ0v) is 43.1. The number of rotatable bonds is 0. The van der Waals surface area contributed by atoms with Crippen LogP contribution in [0.2, 0.25) is 0 Å². The van der Waals surface area contributed by atoms with E-state index in [4.69, 9.17) is 42.8 Å². The second-order valence-electron chi connectivity index (χ2n) is 18.1. The van der Waals surface area contributed by atoms with Gasteiger partial charge in [0, 0.05) is 87.4 Å². The molecule has 78 heavy (non-hydrogen) atoms. The van der Waals surface area contributed by atoms with Crippen LogP contribution in [0.1, 0.15) is 134 Å². The van der Waals surface area contributed by atoms with Crippen molar-refractivity contribution in [3.05, 3.63) is 86.5 Å². The number of benzene rings is 3. The molecule has 0 spiro atoms. The van der Waals surface area contributed by atoms with Crippen molar-refractivity contribution in [2.75, 3.05) is 0 Å². The number of hydrogen-bond acceptors (Lipinski definition) is 9. The first-order valence-corrected chi connectivity index (χ1v) is 25.5. The molecule has 3 fully saturated rings. The summed E-state index contributed by atoms with van der Waals surface area (Å²) in [5.74, 6) is 63.6. The molecule has 0 radical (unpaired) electrons. The lowest BCUT2D eigenvalue weighted by Gasteiger charge is -2.26. The Labute approximate surface area is 459 Å². The molecule has 3 N–H and O–H groups in total. The van der Waals surface area contributed by atoms with Crippen LogP contribution in [-0.2, 0) is 0 Å². The van der Waals surface area contributed by atoms with Crippen LogP contribution in [0.3, 0.4) is 0 Å². The van der Waals surface area contributed by atoms with Crippen LogP contribution in [0.25, 0.3) is 0 Å². The van der Waals surface area contributed by atoms with Crippen molar-refractivity contribution >= 4 is 37.3 Å². The molecule has 3 saturated carbocycles. The highest BCUT2D eigenvalue weighted by Gasteiger charge is 2.27. The lowest BCUT2D eigenvalue weighted by molar-refractivity contribution is 0.389. The van der Waals surface area contributed by atoms with Crippen LogP contribution < -0.4 is 0 Å². The average molecular weight is 1010 g/mol. The average Bonchev–Trinajstić information content (AvgIpc) is 3.48. The lowest BCUT2D eigenvalue weighted by atomic mass is 9.91. The number of aromatic hydroxyl groups is 3. The number of phenols is 3. The minimum atomic E-state index is -0.236. The Morgan fingerprint density at radius 3 is 0.744 bits per heavy atom. The SMILES string of the molecule is C#CC#CC#CC#CC#CC#Cc1cc2c(O)c(c1)C=NC1CCCCC1N=Cc1cc(C#CC#CC#CC#CC#CC#C)cc(c1O)C=NC1CCCCC1N=Cc1cc(C#CC)cc(c1O)C=NC1CCCCC1N=C2. The third-order valence-corrected chi connectivity index (χ3v) is 12.8. The molecule has 0 aromatic heterocycles. The van der Waals surface area contributed by atoms with E-state index in [0.29, 0.717) is 50.1 Å². The van der Waals surface area contributed by atoms with Gasteiger partial charge >= 0.3 is 0 Å². The van der Waals surface area contributed by atoms with Crippen LogP contribution in [-0.4, -0.2) is 88.9 Å². The minimum absolute atomic E-state index is 0.0122. The standard InChI is InChI=1S/C69H50N6O3/c1-4-7-9-11-13-15-17-19-21-23-32-53-42-57-48-72-63-36-27-25-34-61(63)70-46-55-40-52(31-6-3)41-56(67(55)76)47-71-62-35-26-28-37-64(62)73-49-58-43-54(33-24-22-20-18-16-14-12-10-8-5-2)45-60(69(58)78)51-75-66-39-30-29-38-65(66)74-50-59(44-53)68(57)77/h1-2,40-51,61-66,76-78H,25-30,34-39H2,3H3. The maximum Gasteiger partial charge on any atom is 0.133 e. The molecule has 374 valence electrons. The first kappa shape index (κ1) is 55.1. The smallest absolute Gasteiger partial charge is 0.133 e. The van der Waals surface area contributed by atoms with Gasteiger partial charge in [0.1, 0.15) is 17.2 Å². The molecule has 6 unspecified atom stereocenters. The first-order chi connectivity index (χ1) is 38.3. The molecule has 9 heteroatoms. The summed E-state index contributed by atoms with van der Waals surface area (Å²) in [5.41, 5.74) is 4.65. The van der Waals surface area contributed by atoms with Gasteiger partial charge in [-0.3, -0.25) is 30.0 Å². The predicted molar refractivity (Wildman–Crippen MR) is 314 cm³/mol. The number of nitrogens with zero attached hydrogens (tertiary/aromatic N) is 6. The van der Waals surface area contributed by atoms with Crippen molar-refractivity contribution in [2.24, 2.45) is 30.0 Å². The van der Waals surface area contributed by atoms with Crippen LogP contribution in [0.5, 0.6) is 17.2 Å². The largest absolute Gasteiger partial charge is 0.507 e. The normalized spacial score (nSPS) is 19.2. The highest BCUT2D eigenvalue weighted by atomic mass is 16.3. The maximum atomic E-state index is 11.9. The van der Waals surface area contributed by atoms with Crippen molar-refractivity contribution in [1.82, 2.24) is 0 Å². The third kappa shape index (κ3) is 16.7. The Hall–Kier alpha value is -10.6. The second-order valence-corrected chi connectivity index (χ2v) is 18.1. The highest BCUT2D eigenvalue weighted by molar-refractivity contribution is 5.95. The molecule has 0 saturated heterocycles. The van der Waals surface area contributed by atoms with Crippen molar-refractivity contribution in [3.63, 3.8) is 0 Å². The molecule has 3 aromatic carbocycles. The van der Waals surface area contributed by atoms with E-state index in [-0.39, 0.29) is 53.5 Å². The van der Waals surface area contributed by atoms with Gasteiger partial charge in [-0.15, -0.1) is 18.8 Å². The lowest BCUT2D eigenvalue weighted by Crippen LogP contribution is -2.27. The predicted octanol–water partition coefficient (Wildman–Crippen LogP) is 8.03. The topological polar surface area (TPSA) is 135 Å². The molecule has 3 aliphatic carbocycles. The van der Waals surface area contributed by atoms with Gasteiger partial charge in [-0.1, -0.05) is 56.3 Å². The fraction of sp³-hybridized carbons (Fsp3) is 0.275. The Bertz CT molecular complexity index is 3610. The molecule has 7 rings (SSSR count). The zero-order chi connectivity index (χ0) is 54.6. The molecule has 4 aliphatic rings. The van der Waals surface area contributed by atoms with Gasteiger partial charge in [-0.25, -0.2) is 0 Å². The van der Waals surface area contributed by atoms with Crippen molar-refractivity contribution in [3.8, 4) is 172 Å². The quantitative estimate of drug-likeness (QED) is 0.197. The van der Waals surface area contributed by atoms with E-state index in [1.807, 2.05) is 12.1 Å². The number of hydrogen-bond donors (Lipinski definition) is 3. The van der Waals surface area contributed by atoms with Gasteiger partial charge in [0.15, 0.2) is 0 Å². The molecule has 6 bridgehead atoms. The fourth-order valence-electron chi connectivity index (χ4n) is 9.08. The van der Waals surface area contributed by atoms with Gasteiger partial charge in [0.05, 0.1) is 36.3 Å². The highest BCUT2D eigenvalue weighted by Crippen LogP contribution is 2.31. The van der Waals surface area contributed by atoms with E-state index in [1.54, 1.807) is 68.5 Å². The summed E-state index contributed by atoms with van der Waals surface area (Å²) in [6.45, 7) is 1.77. The molecular weight excluding hydrogens is 961 g/mol. The van der Waals surface area contributed by atoms with Crippen LogP contribution in [0, 0.1) is 155 Å². The number of fused-ring (bicyclic) bond motifs is 9. The van der Waals surface area contributed by atoms with E-state index in [0.717, 1.165) is 77.0 Å². The van der Waals surface area contributed by atoms with Crippen molar-refractivity contribution in [1.29, 1.82) is 0 Å². The monoisotopic (exact) mass is 1010 g/mol. The number of terminal acetylenes is 2. The summed E-state index contributed by atoms with van der Waals surface area (Å²) in [7, 11) is 0. The van der Waals surface area contributed by atoms with Crippen LogP contribution in [0.15, 0.2) is 66.4 Å². The summed E-state index contributed by atoms with van der Waals surface area (Å²) < 4.78 is 0. The van der Waals surface area contributed by atoms with Crippen molar-refractivity contribution in [2.45, 2.75) is 120 Å². The summed E-state index contributed by atoms with van der Waals surface area (Å²) in [4.78, 5) is 30.3. The van der Waals surface area contributed by atoms with E-state index >= 15 is 0 Å². The fourth-order valence-corrected chi connectivity index (χ4v) is 9.08. The Kier molecular flexibility index (Phi) is 21.1. The summed E-state index contributed by atoms with van der Waals surface area (Å²) in [5, 5.41) is 35.5. The maximum absolute atomic E-state index is 11.9. The Morgan fingerprint density at radius 2 is 0.526 bits per heavy atom. The Morgan fingerprint density at radius 1 is 0.321 bits per heavy atom. The number of aliphatic imine (C=N–C) groups is 6. The van der Waals surface area contributed by atoms with E-state index < -0.39 is 0 Å². The Balaban J connectivity index is 1.33. The molecule has 3 aromatic rings. The van der Waals surface area contributed by atoms with Gasteiger partial charge < -0.3 is 15.3 Å². The van der Waals surface area contributed by atoms with Gasteiger partial charge in [0.25, 0.3) is 0 Å². The summed E-state index contributed by atoms with van der Waals surface area (Å²) in [6.07, 6.45) is 30.8. The van der Waals surface area contributed by atoms with Crippen molar-refractivity contribution < 1.29 is 15.3 Å². The molecule has 0 amide bonds. The van der Waals surface area contributed by atoms with Crippen LogP contribution >= 0.6 is 0 Å². The van der Waals surface area contributed by atoms with E-state index in [1.165, 1.54) is 0 Å². The third-order valence-electron chi connectivity index (χ3n) is 12.8. The van der Waals surface area contributed by atoms with E-state index in [9.17, 15) is 15.3 Å². The van der Waals surface area contributed by atoms with E-state index in [2.05, 4.69) is 142 Å².